The van der Waals surface area contributed by atoms with Crippen LogP contribution in [0, 0.1) is 0 Å². The summed E-state index contributed by atoms with van der Waals surface area (Å²) in [6.07, 6.45) is 2.07. The Bertz CT molecular complexity index is 400. The number of methoxy groups -OCH3 is 1. The second kappa shape index (κ2) is 4.26. The monoisotopic (exact) mass is 218 g/mol. The molecule has 1 amide bonds. The van der Waals surface area contributed by atoms with Crippen LogP contribution >= 0.6 is 0 Å². The number of anilines is 1. The predicted octanol–water partition coefficient (Wildman–Crippen LogP) is 1.79. The Morgan fingerprint density at radius 3 is 2.62 bits per heavy atom. The third-order valence-electron chi connectivity index (χ3n) is 2.60. The largest absolute Gasteiger partial charge is 0.497 e. The van der Waals surface area contributed by atoms with Gasteiger partial charge in [0.05, 0.1) is 12.8 Å². The Balaban J connectivity index is 2.23. The van der Waals surface area contributed by atoms with Crippen molar-refractivity contribution in [2.45, 2.75) is 6.42 Å². The molecule has 0 aromatic heterocycles. The fraction of sp³-hybridized carbons (Fsp3) is 0.250. The van der Waals surface area contributed by atoms with Crippen molar-refractivity contribution in [2.24, 2.45) is 0 Å². The molecule has 0 aliphatic carbocycles. The third kappa shape index (κ3) is 1.74. The summed E-state index contributed by atoms with van der Waals surface area (Å²) in [4.78, 5) is 11.5. The molecule has 1 aromatic rings. The summed E-state index contributed by atoms with van der Waals surface area (Å²) in [6, 6.07) is 7.60. The van der Waals surface area contributed by atoms with E-state index in [1.807, 2.05) is 29.3 Å². The molecule has 1 aromatic carbocycles. The van der Waals surface area contributed by atoms with Crippen molar-refractivity contribution in [1.29, 1.82) is 0 Å². The molecule has 0 unspecified atom stereocenters. The van der Waals surface area contributed by atoms with Gasteiger partial charge in [-0.2, -0.15) is 0 Å². The Labute approximate surface area is 94.7 Å². The molecule has 4 nitrogen and oxygen atoms in total. The van der Waals surface area contributed by atoms with Crippen molar-refractivity contribution in [3.63, 3.8) is 0 Å². The van der Waals surface area contributed by atoms with E-state index in [0.29, 0.717) is 13.0 Å². The normalized spacial score (nSPS) is 15.4. The van der Waals surface area contributed by atoms with Crippen molar-refractivity contribution in [1.82, 2.24) is 5.01 Å². The summed E-state index contributed by atoms with van der Waals surface area (Å²) < 4.78 is 5.09. The summed E-state index contributed by atoms with van der Waals surface area (Å²) in [6.45, 7) is 4.33. The van der Waals surface area contributed by atoms with E-state index in [9.17, 15) is 4.79 Å². The minimum absolute atomic E-state index is 0.0748. The summed E-state index contributed by atoms with van der Waals surface area (Å²) in [7, 11) is 1.63. The zero-order chi connectivity index (χ0) is 11.5. The van der Waals surface area contributed by atoms with Gasteiger partial charge in [0, 0.05) is 19.2 Å². The van der Waals surface area contributed by atoms with E-state index < -0.39 is 0 Å². The predicted molar refractivity (Wildman–Crippen MR) is 62.0 cm³/mol. The van der Waals surface area contributed by atoms with E-state index >= 15 is 0 Å². The number of hydrazine groups is 1. The maximum absolute atomic E-state index is 11.5. The van der Waals surface area contributed by atoms with Crippen molar-refractivity contribution in [3.8, 4) is 5.75 Å². The van der Waals surface area contributed by atoms with Crippen LogP contribution in [0.3, 0.4) is 0 Å². The van der Waals surface area contributed by atoms with Gasteiger partial charge >= 0.3 is 0 Å². The lowest BCUT2D eigenvalue weighted by Gasteiger charge is -2.26. The Morgan fingerprint density at radius 2 is 2.06 bits per heavy atom. The second-order valence-corrected chi connectivity index (χ2v) is 3.49. The smallest absolute Gasteiger partial charge is 0.247 e. The second-order valence-electron chi connectivity index (χ2n) is 3.49. The molecule has 0 bridgehead atoms. The van der Waals surface area contributed by atoms with Crippen molar-refractivity contribution >= 4 is 11.6 Å². The van der Waals surface area contributed by atoms with E-state index in [4.69, 9.17) is 4.74 Å². The van der Waals surface area contributed by atoms with Crippen molar-refractivity contribution in [2.75, 3.05) is 18.7 Å². The van der Waals surface area contributed by atoms with Gasteiger partial charge in [0.25, 0.3) is 0 Å². The fourth-order valence-corrected chi connectivity index (χ4v) is 1.77. The van der Waals surface area contributed by atoms with E-state index in [1.165, 1.54) is 0 Å². The lowest BCUT2D eigenvalue weighted by molar-refractivity contribution is -0.125. The molecule has 4 heteroatoms. The molecular formula is C12H14N2O2. The van der Waals surface area contributed by atoms with E-state index in [0.717, 1.165) is 11.4 Å². The van der Waals surface area contributed by atoms with Crippen molar-refractivity contribution in [3.05, 3.63) is 37.0 Å². The molecule has 0 spiro atoms. The summed E-state index contributed by atoms with van der Waals surface area (Å²) in [5, 5.41) is 3.44. The SMILES string of the molecule is C=CN1C(=O)CCN1c1ccc(OC)cc1. The highest BCUT2D eigenvalue weighted by Crippen LogP contribution is 2.24. The first-order valence-corrected chi connectivity index (χ1v) is 5.12. The van der Waals surface area contributed by atoms with Crippen LogP contribution in [0.2, 0.25) is 0 Å². The maximum Gasteiger partial charge on any atom is 0.247 e. The highest BCUT2D eigenvalue weighted by atomic mass is 16.5. The summed E-state index contributed by atoms with van der Waals surface area (Å²) in [5.41, 5.74) is 0.964. The van der Waals surface area contributed by atoms with E-state index in [1.54, 1.807) is 18.3 Å². The van der Waals surface area contributed by atoms with E-state index in [-0.39, 0.29) is 5.91 Å². The first-order chi connectivity index (χ1) is 7.76. The first-order valence-electron chi connectivity index (χ1n) is 5.12. The molecule has 0 saturated carbocycles. The number of carbonyl (C=O) groups excluding carboxylic acids is 1. The quantitative estimate of drug-likeness (QED) is 0.775. The van der Waals surface area contributed by atoms with Gasteiger partial charge in [-0.3, -0.25) is 9.80 Å². The van der Waals surface area contributed by atoms with Gasteiger partial charge in [-0.1, -0.05) is 6.58 Å². The average Bonchev–Trinajstić information content (AvgIpc) is 2.70. The molecule has 1 heterocycles. The van der Waals surface area contributed by atoms with Gasteiger partial charge in [0.2, 0.25) is 5.91 Å². The third-order valence-corrected chi connectivity index (χ3v) is 2.60. The lowest BCUT2D eigenvalue weighted by atomic mass is 10.3. The number of hydrogen-bond acceptors (Lipinski definition) is 3. The van der Waals surface area contributed by atoms with Crippen LogP contribution in [-0.4, -0.2) is 24.6 Å². The van der Waals surface area contributed by atoms with Crippen LogP contribution in [0.25, 0.3) is 0 Å². The van der Waals surface area contributed by atoms with Crippen LogP contribution in [0.1, 0.15) is 6.42 Å². The Hall–Kier alpha value is -1.97. The molecule has 1 fully saturated rings. The summed E-state index contributed by atoms with van der Waals surface area (Å²) >= 11 is 0. The number of hydrogen-bond donors (Lipinski definition) is 0. The van der Waals surface area contributed by atoms with Gasteiger partial charge in [0.15, 0.2) is 0 Å². The molecule has 1 saturated heterocycles. The molecule has 0 radical (unpaired) electrons. The van der Waals surface area contributed by atoms with Crippen LogP contribution < -0.4 is 9.75 Å². The fourth-order valence-electron chi connectivity index (χ4n) is 1.77. The highest BCUT2D eigenvalue weighted by Gasteiger charge is 2.26. The average molecular weight is 218 g/mol. The first kappa shape index (κ1) is 10.5. The molecule has 0 N–H and O–H groups in total. The van der Waals surface area contributed by atoms with Crippen LogP contribution in [0.15, 0.2) is 37.0 Å². The molecular weight excluding hydrogens is 204 g/mol. The van der Waals surface area contributed by atoms with Gasteiger partial charge < -0.3 is 4.74 Å². The van der Waals surface area contributed by atoms with Crippen LogP contribution in [0.4, 0.5) is 5.69 Å². The van der Waals surface area contributed by atoms with Gasteiger partial charge in [-0.25, -0.2) is 5.01 Å². The van der Waals surface area contributed by atoms with Crippen molar-refractivity contribution < 1.29 is 9.53 Å². The molecule has 2 rings (SSSR count). The maximum atomic E-state index is 11.5. The molecule has 1 aliphatic rings. The standard InChI is InChI=1S/C12H14N2O2/c1-3-13-12(15)8-9-14(13)10-4-6-11(16-2)7-5-10/h3-7H,1,8-9H2,2H3. The zero-order valence-corrected chi connectivity index (χ0v) is 9.22. The minimum atomic E-state index is 0.0748. The topological polar surface area (TPSA) is 32.8 Å². The minimum Gasteiger partial charge on any atom is -0.497 e. The highest BCUT2D eigenvalue weighted by molar-refractivity contribution is 5.82. The number of rotatable bonds is 3. The number of ether oxygens (including phenoxy) is 1. The lowest BCUT2D eigenvalue weighted by Crippen LogP contribution is -2.34. The number of nitrogens with zero attached hydrogens (tertiary/aromatic N) is 2. The molecule has 16 heavy (non-hydrogen) atoms. The van der Waals surface area contributed by atoms with Crippen LogP contribution in [0.5, 0.6) is 5.75 Å². The van der Waals surface area contributed by atoms with E-state index in [2.05, 4.69) is 6.58 Å². The van der Waals surface area contributed by atoms with Crippen LogP contribution in [-0.2, 0) is 4.79 Å². The molecule has 0 atom stereocenters. The Kier molecular flexibility index (Phi) is 2.81. The Morgan fingerprint density at radius 1 is 1.38 bits per heavy atom. The van der Waals surface area contributed by atoms with Gasteiger partial charge in [0.1, 0.15) is 5.75 Å². The molecule has 1 aliphatic heterocycles. The van der Waals surface area contributed by atoms with Gasteiger partial charge in [-0.15, -0.1) is 0 Å². The number of amides is 1. The zero-order valence-electron chi connectivity index (χ0n) is 9.22. The number of benzene rings is 1. The number of carbonyl (C=O) groups is 1. The summed E-state index contributed by atoms with van der Waals surface area (Å²) in [5.74, 6) is 0.880. The molecule has 84 valence electrons. The van der Waals surface area contributed by atoms with Gasteiger partial charge in [-0.05, 0) is 24.3 Å².